The Hall–Kier alpha value is -2.66. The number of anilines is 3. The first-order valence-electron chi connectivity index (χ1n) is 6.57. The third-order valence-corrected chi connectivity index (χ3v) is 4.12. The number of nitrogens with zero attached hydrogens (tertiary/aromatic N) is 2. The molecular weight excluding hydrogens is 280 g/mol. The molecule has 0 spiro atoms. The lowest BCUT2D eigenvalue weighted by Gasteiger charge is -2.11. The van der Waals surface area contributed by atoms with Crippen molar-refractivity contribution in [1.82, 2.24) is 9.97 Å². The van der Waals surface area contributed by atoms with Gasteiger partial charge in [-0.05, 0) is 12.1 Å². The van der Waals surface area contributed by atoms with E-state index in [0.29, 0.717) is 5.82 Å². The van der Waals surface area contributed by atoms with Crippen molar-refractivity contribution < 1.29 is 0 Å². The minimum Gasteiger partial charge on any atom is -0.383 e. The van der Waals surface area contributed by atoms with Gasteiger partial charge in [-0.3, -0.25) is 0 Å². The molecule has 102 valence electrons. The van der Waals surface area contributed by atoms with Crippen LogP contribution in [0.5, 0.6) is 0 Å². The van der Waals surface area contributed by atoms with Crippen LogP contribution >= 0.6 is 11.3 Å². The smallest absolute Gasteiger partial charge is 0.189 e. The summed E-state index contributed by atoms with van der Waals surface area (Å²) in [6, 6.07) is 16.2. The molecule has 0 bridgehead atoms. The second-order valence-electron chi connectivity index (χ2n) is 4.72. The van der Waals surface area contributed by atoms with Gasteiger partial charge in [0.1, 0.15) is 5.82 Å². The van der Waals surface area contributed by atoms with Gasteiger partial charge >= 0.3 is 0 Å². The molecule has 0 unspecified atom stereocenters. The van der Waals surface area contributed by atoms with Crippen LogP contribution in [0.25, 0.3) is 21.8 Å². The van der Waals surface area contributed by atoms with Crippen molar-refractivity contribution in [1.29, 1.82) is 0 Å². The van der Waals surface area contributed by atoms with Crippen LogP contribution in [0.1, 0.15) is 0 Å². The molecule has 0 aliphatic carbocycles. The highest BCUT2D eigenvalue weighted by atomic mass is 32.1. The summed E-state index contributed by atoms with van der Waals surface area (Å²) in [5.41, 5.74) is 8.65. The fourth-order valence-electron chi connectivity index (χ4n) is 2.43. The largest absolute Gasteiger partial charge is 0.383 e. The molecule has 0 aliphatic heterocycles. The fourth-order valence-corrected chi connectivity index (χ4v) is 3.03. The number of benzene rings is 2. The molecular formula is C16H12N4S. The van der Waals surface area contributed by atoms with Crippen molar-refractivity contribution in [3.63, 3.8) is 0 Å². The summed E-state index contributed by atoms with van der Waals surface area (Å²) in [6.07, 6.45) is 0. The van der Waals surface area contributed by atoms with Gasteiger partial charge in [-0.1, -0.05) is 36.4 Å². The molecule has 0 atom stereocenters. The maximum atomic E-state index is 5.70. The topological polar surface area (TPSA) is 63.8 Å². The zero-order chi connectivity index (χ0) is 14.2. The lowest BCUT2D eigenvalue weighted by molar-refractivity contribution is 1.40. The van der Waals surface area contributed by atoms with Crippen LogP contribution in [0.15, 0.2) is 53.9 Å². The standard InChI is InChI=1S/C16H12N4S/c17-14-9-21-16(19-14)20-15-10-5-1-3-7-12(10)18-13-8-4-2-6-11(13)15/h1-9H,17H2,(H,18,19,20). The SMILES string of the molecule is Nc1csc(Nc2c3ccccc3nc3ccccc23)n1. The van der Waals surface area contributed by atoms with E-state index >= 15 is 0 Å². The maximum Gasteiger partial charge on any atom is 0.189 e. The zero-order valence-corrected chi connectivity index (χ0v) is 11.9. The van der Waals surface area contributed by atoms with E-state index < -0.39 is 0 Å². The molecule has 21 heavy (non-hydrogen) atoms. The van der Waals surface area contributed by atoms with E-state index in [1.807, 2.05) is 41.8 Å². The van der Waals surface area contributed by atoms with Crippen LogP contribution < -0.4 is 11.1 Å². The van der Waals surface area contributed by atoms with E-state index in [0.717, 1.165) is 32.6 Å². The Kier molecular flexibility index (Phi) is 2.72. The van der Waals surface area contributed by atoms with Crippen molar-refractivity contribution in [2.24, 2.45) is 0 Å². The number of nitrogens with one attached hydrogen (secondary N) is 1. The Morgan fingerprint density at radius 2 is 1.48 bits per heavy atom. The predicted octanol–water partition coefficient (Wildman–Crippen LogP) is 4.17. The van der Waals surface area contributed by atoms with Gasteiger partial charge in [-0.2, -0.15) is 0 Å². The van der Waals surface area contributed by atoms with Crippen molar-refractivity contribution in [2.45, 2.75) is 0 Å². The Bertz CT molecular complexity index is 891. The highest BCUT2D eigenvalue weighted by Gasteiger charge is 2.10. The van der Waals surface area contributed by atoms with Crippen molar-refractivity contribution >= 4 is 49.8 Å². The molecule has 5 heteroatoms. The second-order valence-corrected chi connectivity index (χ2v) is 5.58. The van der Waals surface area contributed by atoms with E-state index in [9.17, 15) is 0 Å². The molecule has 4 aromatic rings. The van der Waals surface area contributed by atoms with Gasteiger partial charge in [0.2, 0.25) is 0 Å². The van der Waals surface area contributed by atoms with Crippen LogP contribution in [0.4, 0.5) is 16.6 Å². The average Bonchev–Trinajstić information content (AvgIpc) is 2.92. The molecule has 0 amide bonds. The number of nitrogens with two attached hydrogens (primary N) is 1. The predicted molar refractivity (Wildman–Crippen MR) is 89.1 cm³/mol. The van der Waals surface area contributed by atoms with E-state index in [1.165, 1.54) is 11.3 Å². The molecule has 0 saturated heterocycles. The van der Waals surface area contributed by atoms with E-state index in [4.69, 9.17) is 10.7 Å². The monoisotopic (exact) mass is 292 g/mol. The van der Waals surface area contributed by atoms with Gasteiger partial charge in [0.25, 0.3) is 0 Å². The van der Waals surface area contributed by atoms with Gasteiger partial charge in [0, 0.05) is 16.2 Å². The highest BCUT2D eigenvalue weighted by molar-refractivity contribution is 7.14. The summed E-state index contributed by atoms with van der Waals surface area (Å²) in [5, 5.41) is 8.16. The molecule has 2 heterocycles. The number of para-hydroxylation sites is 2. The molecule has 2 aromatic heterocycles. The van der Waals surface area contributed by atoms with Gasteiger partial charge in [0.05, 0.1) is 16.7 Å². The first-order valence-corrected chi connectivity index (χ1v) is 7.45. The van der Waals surface area contributed by atoms with Crippen molar-refractivity contribution in [3.8, 4) is 0 Å². The first-order chi connectivity index (χ1) is 10.3. The summed E-state index contributed by atoms with van der Waals surface area (Å²) in [6.45, 7) is 0. The minimum absolute atomic E-state index is 0.533. The number of hydrogen-bond acceptors (Lipinski definition) is 5. The van der Waals surface area contributed by atoms with Crippen LogP contribution in [-0.4, -0.2) is 9.97 Å². The third-order valence-electron chi connectivity index (χ3n) is 3.34. The lowest BCUT2D eigenvalue weighted by atomic mass is 10.1. The number of pyridine rings is 1. The summed E-state index contributed by atoms with van der Waals surface area (Å²) < 4.78 is 0. The molecule has 0 radical (unpaired) electrons. The van der Waals surface area contributed by atoms with Gasteiger partial charge in [0.15, 0.2) is 5.13 Å². The summed E-state index contributed by atoms with van der Waals surface area (Å²) in [4.78, 5) is 8.99. The maximum absolute atomic E-state index is 5.70. The van der Waals surface area contributed by atoms with Crippen LogP contribution in [0, 0.1) is 0 Å². The summed E-state index contributed by atoms with van der Waals surface area (Å²) >= 11 is 1.49. The highest BCUT2D eigenvalue weighted by Crippen LogP contribution is 2.33. The van der Waals surface area contributed by atoms with Crippen molar-refractivity contribution in [3.05, 3.63) is 53.9 Å². The summed E-state index contributed by atoms with van der Waals surface area (Å²) in [5.74, 6) is 0.533. The van der Waals surface area contributed by atoms with Gasteiger partial charge < -0.3 is 11.1 Å². The van der Waals surface area contributed by atoms with Gasteiger partial charge in [-0.25, -0.2) is 9.97 Å². The zero-order valence-electron chi connectivity index (χ0n) is 11.1. The molecule has 2 aromatic carbocycles. The van der Waals surface area contributed by atoms with Gasteiger partial charge in [-0.15, -0.1) is 11.3 Å². The number of rotatable bonds is 2. The minimum atomic E-state index is 0.533. The number of thiazole rings is 1. The van der Waals surface area contributed by atoms with Crippen LogP contribution in [-0.2, 0) is 0 Å². The number of nitrogen functional groups attached to an aromatic ring is 1. The summed E-state index contributed by atoms with van der Waals surface area (Å²) in [7, 11) is 0. The van der Waals surface area contributed by atoms with Crippen LogP contribution in [0.3, 0.4) is 0 Å². The molecule has 4 nitrogen and oxygen atoms in total. The van der Waals surface area contributed by atoms with E-state index in [-0.39, 0.29) is 0 Å². The molecule has 0 saturated carbocycles. The Labute approximate surface area is 125 Å². The molecule has 4 rings (SSSR count). The molecule has 3 N–H and O–H groups in total. The van der Waals surface area contributed by atoms with Crippen LogP contribution in [0.2, 0.25) is 0 Å². The quantitative estimate of drug-likeness (QED) is 0.544. The third kappa shape index (κ3) is 2.08. The number of fused-ring (bicyclic) bond motifs is 2. The number of hydrogen-bond donors (Lipinski definition) is 2. The normalized spacial score (nSPS) is 11.0. The number of aromatic nitrogens is 2. The van der Waals surface area contributed by atoms with E-state index in [2.05, 4.69) is 22.4 Å². The second kappa shape index (κ2) is 4.71. The molecule has 0 aliphatic rings. The Balaban J connectivity index is 2.01. The Morgan fingerprint density at radius 3 is 2.05 bits per heavy atom. The van der Waals surface area contributed by atoms with E-state index in [1.54, 1.807) is 0 Å². The Morgan fingerprint density at radius 1 is 0.857 bits per heavy atom. The lowest BCUT2D eigenvalue weighted by Crippen LogP contribution is -1.95. The first kappa shape index (κ1) is 12.1. The fraction of sp³-hybridized carbons (Fsp3) is 0. The average molecular weight is 292 g/mol. The molecule has 0 fully saturated rings. The van der Waals surface area contributed by atoms with Crippen molar-refractivity contribution in [2.75, 3.05) is 11.1 Å².